The molecule has 256 valence electrons. The van der Waals surface area contributed by atoms with Gasteiger partial charge in [0.25, 0.3) is 0 Å². The molecule has 0 saturated heterocycles. The number of hydrogen-bond acceptors (Lipinski definition) is 3. The second kappa shape index (κ2) is 13.1. The molecule has 53 heavy (non-hydrogen) atoms. The summed E-state index contributed by atoms with van der Waals surface area (Å²) in [6, 6.07) is 48.8. The molecule has 3 aromatic heterocycles. The average Bonchev–Trinajstić information content (AvgIpc) is 3.78. The predicted molar refractivity (Wildman–Crippen MR) is 217 cm³/mol. The van der Waals surface area contributed by atoms with Gasteiger partial charge in [-0.05, 0) is 115 Å². The van der Waals surface area contributed by atoms with Gasteiger partial charge in [0.05, 0.1) is 22.9 Å². The van der Waals surface area contributed by atoms with E-state index in [-0.39, 0.29) is 0 Å². The molecule has 6 aromatic carbocycles. The first kappa shape index (κ1) is 32.2. The summed E-state index contributed by atoms with van der Waals surface area (Å²) in [6.07, 6.45) is 6.00. The zero-order valence-corrected chi connectivity index (χ0v) is 30.2. The van der Waals surface area contributed by atoms with Crippen LogP contribution in [0.15, 0.2) is 158 Å². The maximum atomic E-state index is 6.64. The third kappa shape index (κ3) is 5.86. The highest BCUT2D eigenvalue weighted by Crippen LogP contribution is 2.44. The van der Waals surface area contributed by atoms with Crippen LogP contribution in [0, 0.1) is 27.7 Å². The number of rotatable bonds is 7. The van der Waals surface area contributed by atoms with Crippen molar-refractivity contribution in [1.82, 2.24) is 19.3 Å². The number of hydrogen-bond donors (Lipinski definition) is 0. The molecule has 9 aromatic rings. The van der Waals surface area contributed by atoms with Crippen molar-refractivity contribution in [3.05, 3.63) is 180 Å². The Kier molecular flexibility index (Phi) is 7.97. The predicted octanol–water partition coefficient (Wildman–Crippen LogP) is 12.4. The lowest BCUT2D eigenvalue weighted by molar-refractivity contribution is 0.482. The van der Waals surface area contributed by atoms with Crippen molar-refractivity contribution in [1.29, 1.82) is 0 Å². The average molecular weight is 687 g/mol. The monoisotopic (exact) mass is 686 g/mol. The van der Waals surface area contributed by atoms with Gasteiger partial charge in [0, 0.05) is 46.4 Å². The van der Waals surface area contributed by atoms with Gasteiger partial charge in [0.2, 0.25) is 0 Å². The van der Waals surface area contributed by atoms with E-state index < -0.39 is 0 Å². The van der Waals surface area contributed by atoms with Crippen molar-refractivity contribution < 1.29 is 4.74 Å². The van der Waals surface area contributed by atoms with Gasteiger partial charge in [-0.15, -0.1) is 0 Å². The van der Waals surface area contributed by atoms with E-state index in [4.69, 9.17) is 14.8 Å². The molecule has 0 N–H and O–H groups in total. The zero-order chi connectivity index (χ0) is 36.1. The first-order chi connectivity index (χ1) is 25.9. The summed E-state index contributed by atoms with van der Waals surface area (Å²) in [6.45, 7) is 8.60. The lowest BCUT2D eigenvalue weighted by atomic mass is 9.83. The van der Waals surface area contributed by atoms with Crippen molar-refractivity contribution >= 4 is 21.8 Å². The minimum absolute atomic E-state index is 0.745. The Balaban J connectivity index is 1.13. The molecule has 0 saturated carbocycles. The van der Waals surface area contributed by atoms with E-state index in [0.717, 1.165) is 56.1 Å². The van der Waals surface area contributed by atoms with Gasteiger partial charge in [-0.25, -0.2) is 9.67 Å². The van der Waals surface area contributed by atoms with Crippen molar-refractivity contribution in [2.45, 2.75) is 27.7 Å². The topological polar surface area (TPSA) is 44.9 Å². The Labute approximate surface area is 309 Å². The molecule has 0 radical (unpaired) electrons. The molecule has 0 aliphatic heterocycles. The number of pyridine rings is 1. The van der Waals surface area contributed by atoms with Gasteiger partial charge in [-0.3, -0.25) is 4.57 Å². The lowest BCUT2D eigenvalue weighted by Crippen LogP contribution is -1.98. The van der Waals surface area contributed by atoms with Crippen molar-refractivity contribution in [3.8, 4) is 56.4 Å². The van der Waals surface area contributed by atoms with Gasteiger partial charge in [-0.1, -0.05) is 84.9 Å². The fraction of sp³-hybridized carbons (Fsp3) is 0.0833. The highest BCUT2D eigenvalue weighted by molar-refractivity contribution is 6.09. The Bertz CT molecular complexity index is 2730. The second-order valence-electron chi connectivity index (χ2n) is 13.9. The second-order valence-corrected chi connectivity index (χ2v) is 13.9. The quantitative estimate of drug-likeness (QED) is 0.168. The summed E-state index contributed by atoms with van der Waals surface area (Å²) in [7, 11) is 0. The molecule has 0 atom stereocenters. The minimum atomic E-state index is 0.745. The lowest BCUT2D eigenvalue weighted by Gasteiger charge is -2.20. The van der Waals surface area contributed by atoms with Crippen LogP contribution in [-0.2, 0) is 0 Å². The molecule has 5 nitrogen and oxygen atoms in total. The van der Waals surface area contributed by atoms with E-state index in [1.165, 1.54) is 44.3 Å². The molecule has 3 heterocycles. The van der Waals surface area contributed by atoms with E-state index in [2.05, 4.69) is 166 Å². The summed E-state index contributed by atoms with van der Waals surface area (Å²) >= 11 is 0. The Morgan fingerprint density at radius 3 is 1.91 bits per heavy atom. The van der Waals surface area contributed by atoms with Crippen LogP contribution in [0.5, 0.6) is 11.5 Å². The summed E-state index contributed by atoms with van der Waals surface area (Å²) in [5.41, 5.74) is 14.8. The van der Waals surface area contributed by atoms with Crippen molar-refractivity contribution in [2.24, 2.45) is 0 Å². The highest BCUT2D eigenvalue weighted by Gasteiger charge is 2.21. The van der Waals surface area contributed by atoms with Crippen LogP contribution in [0.2, 0.25) is 0 Å². The fourth-order valence-electron chi connectivity index (χ4n) is 7.78. The smallest absolute Gasteiger partial charge is 0.137 e. The van der Waals surface area contributed by atoms with Gasteiger partial charge in [-0.2, -0.15) is 5.10 Å². The fourth-order valence-corrected chi connectivity index (χ4v) is 7.78. The van der Waals surface area contributed by atoms with E-state index >= 15 is 0 Å². The van der Waals surface area contributed by atoms with Gasteiger partial charge in [0.15, 0.2) is 0 Å². The van der Waals surface area contributed by atoms with Crippen LogP contribution in [0.1, 0.15) is 22.3 Å². The van der Waals surface area contributed by atoms with Crippen LogP contribution >= 0.6 is 0 Å². The first-order valence-corrected chi connectivity index (χ1v) is 18.0. The number of aromatic nitrogens is 4. The zero-order valence-electron chi connectivity index (χ0n) is 30.2. The summed E-state index contributed by atoms with van der Waals surface area (Å²) < 4.78 is 10.8. The summed E-state index contributed by atoms with van der Waals surface area (Å²) in [4.78, 5) is 4.74. The highest BCUT2D eigenvalue weighted by atomic mass is 16.5. The Morgan fingerprint density at radius 1 is 0.509 bits per heavy atom. The first-order valence-electron chi connectivity index (χ1n) is 18.0. The van der Waals surface area contributed by atoms with Gasteiger partial charge < -0.3 is 4.74 Å². The molecule has 0 fully saturated rings. The SMILES string of the molecule is Cc1cc(Oc2ccc3c4ccccc4n(-c4cc(C)ccn4)c3c2)cc(-n2cc(-c3c(-c4ccccc4)c(C)cc(C)c3-c3ccccc3)cn2)c1. The van der Waals surface area contributed by atoms with Crippen LogP contribution in [0.25, 0.3) is 66.7 Å². The number of para-hydroxylation sites is 1. The van der Waals surface area contributed by atoms with Crippen LogP contribution in [0.4, 0.5) is 0 Å². The van der Waals surface area contributed by atoms with E-state index in [1.807, 2.05) is 29.2 Å². The molecule has 9 rings (SSSR count). The molecular formula is C48H38N4O. The minimum Gasteiger partial charge on any atom is -0.457 e. The van der Waals surface area contributed by atoms with Crippen LogP contribution < -0.4 is 4.74 Å². The van der Waals surface area contributed by atoms with E-state index in [1.54, 1.807) is 0 Å². The van der Waals surface area contributed by atoms with E-state index in [9.17, 15) is 0 Å². The third-order valence-corrected chi connectivity index (χ3v) is 10.0. The van der Waals surface area contributed by atoms with E-state index in [0.29, 0.717) is 0 Å². The molecule has 0 spiro atoms. The molecule has 0 amide bonds. The maximum absolute atomic E-state index is 6.64. The van der Waals surface area contributed by atoms with Crippen LogP contribution in [0.3, 0.4) is 0 Å². The summed E-state index contributed by atoms with van der Waals surface area (Å²) in [5, 5.41) is 7.28. The molecule has 0 bridgehead atoms. The summed E-state index contributed by atoms with van der Waals surface area (Å²) in [5.74, 6) is 2.38. The van der Waals surface area contributed by atoms with Gasteiger partial charge >= 0.3 is 0 Å². The molecule has 0 aliphatic carbocycles. The maximum Gasteiger partial charge on any atom is 0.137 e. The Hall–Kier alpha value is -6.72. The molecular weight excluding hydrogens is 649 g/mol. The number of aryl methyl sites for hydroxylation is 4. The normalized spacial score (nSPS) is 11.4. The number of ether oxygens (including phenoxy) is 1. The Morgan fingerprint density at radius 2 is 1.19 bits per heavy atom. The number of fused-ring (bicyclic) bond motifs is 3. The molecule has 5 heteroatoms. The third-order valence-electron chi connectivity index (χ3n) is 10.0. The van der Waals surface area contributed by atoms with Crippen molar-refractivity contribution in [2.75, 3.05) is 0 Å². The standard InChI is InChI=1S/C48H38N4O/c1-31-21-22-49-45(25-31)52-43-18-12-11-17-41(43)42-20-19-39(28-44(42)52)53-40-24-32(2)23-38(27-40)51-30-37(29-50-51)48-46(35-13-7-5-8-14-35)33(3)26-34(4)47(48)36-15-9-6-10-16-36/h5-30H,1-4H3. The van der Waals surface area contributed by atoms with Gasteiger partial charge in [0.1, 0.15) is 17.3 Å². The largest absolute Gasteiger partial charge is 0.457 e. The molecule has 0 aliphatic rings. The molecule has 0 unspecified atom stereocenters. The van der Waals surface area contributed by atoms with Crippen molar-refractivity contribution in [3.63, 3.8) is 0 Å². The number of benzene rings is 6. The van der Waals surface area contributed by atoms with Crippen LogP contribution in [-0.4, -0.2) is 19.3 Å². The number of nitrogens with zero attached hydrogens (tertiary/aromatic N) is 4.